The first-order valence-corrected chi connectivity index (χ1v) is 11.4. The highest BCUT2D eigenvalue weighted by atomic mass is 28.4. The van der Waals surface area contributed by atoms with Crippen LogP contribution in [-0.2, 0) is 4.43 Å². The molecule has 3 rings (SSSR count). The van der Waals surface area contributed by atoms with Crippen molar-refractivity contribution < 1.29 is 4.43 Å². The Balaban J connectivity index is 2.02. The van der Waals surface area contributed by atoms with Gasteiger partial charge in [0.1, 0.15) is 0 Å². The molecule has 2 aromatic carbocycles. The first-order chi connectivity index (χ1) is 12.0. The van der Waals surface area contributed by atoms with Gasteiger partial charge in [0.25, 0.3) is 8.32 Å². The third-order valence-corrected chi connectivity index (χ3v) is 10.3. The maximum Gasteiger partial charge on any atom is 0.262 e. The van der Waals surface area contributed by atoms with Gasteiger partial charge in [-0.15, -0.1) is 0 Å². The molecule has 1 aliphatic rings. The zero-order valence-electron chi connectivity index (χ0n) is 15.9. The summed E-state index contributed by atoms with van der Waals surface area (Å²) in [6.07, 6.45) is 3.95. The lowest BCUT2D eigenvalue weighted by atomic mass is 10.1. The quantitative estimate of drug-likeness (QED) is 0.753. The minimum atomic E-state index is -2.37. The Morgan fingerprint density at radius 1 is 0.800 bits per heavy atom. The molecule has 2 aromatic rings. The van der Waals surface area contributed by atoms with Crippen LogP contribution >= 0.6 is 0 Å². The number of benzene rings is 2. The minimum absolute atomic E-state index is 0.0610. The molecular formula is C22H31NOSi. The van der Waals surface area contributed by atoms with E-state index in [2.05, 4.69) is 86.3 Å². The van der Waals surface area contributed by atoms with Crippen molar-refractivity contribution in [3.05, 3.63) is 60.7 Å². The fourth-order valence-electron chi connectivity index (χ4n) is 4.04. The third-order valence-electron chi connectivity index (χ3n) is 5.33. The highest BCUT2D eigenvalue weighted by molar-refractivity contribution is 6.99. The molecule has 1 fully saturated rings. The van der Waals surface area contributed by atoms with Crippen LogP contribution in [0.1, 0.15) is 40.0 Å². The molecule has 0 amide bonds. The molecule has 0 radical (unpaired) electrons. The average molecular weight is 354 g/mol. The smallest absolute Gasteiger partial charge is 0.262 e. The molecule has 1 aliphatic heterocycles. The lowest BCUT2D eigenvalue weighted by molar-refractivity contribution is 0.0992. The number of piperidine rings is 1. The molecule has 0 N–H and O–H groups in total. The topological polar surface area (TPSA) is 12.5 Å². The second-order valence-electron chi connectivity index (χ2n) is 8.12. The van der Waals surface area contributed by atoms with Crippen LogP contribution in [0.5, 0.6) is 0 Å². The molecule has 0 spiro atoms. The molecule has 0 aromatic heterocycles. The van der Waals surface area contributed by atoms with Crippen molar-refractivity contribution in [2.24, 2.45) is 0 Å². The lowest BCUT2D eigenvalue weighted by Gasteiger charge is -2.44. The summed E-state index contributed by atoms with van der Waals surface area (Å²) >= 11 is 0. The largest absolute Gasteiger partial charge is 0.395 e. The zero-order valence-corrected chi connectivity index (χ0v) is 16.9. The van der Waals surface area contributed by atoms with Gasteiger partial charge in [-0.3, -0.25) is 4.90 Å². The van der Waals surface area contributed by atoms with Crippen molar-refractivity contribution >= 4 is 18.7 Å². The van der Waals surface area contributed by atoms with E-state index in [1.807, 2.05) is 0 Å². The molecule has 1 saturated heterocycles. The normalized spacial score (nSPS) is 16.8. The fraction of sp³-hybridized carbons (Fsp3) is 0.455. The summed E-state index contributed by atoms with van der Waals surface area (Å²) < 4.78 is 6.97. The van der Waals surface area contributed by atoms with Crippen LogP contribution in [0.2, 0.25) is 5.04 Å². The summed E-state index contributed by atoms with van der Waals surface area (Å²) in [4.78, 5) is 2.49. The van der Waals surface area contributed by atoms with Crippen LogP contribution < -0.4 is 10.4 Å². The number of hydrogen-bond acceptors (Lipinski definition) is 2. The summed E-state index contributed by atoms with van der Waals surface area (Å²) in [5.74, 6) is 0. The van der Waals surface area contributed by atoms with Crippen LogP contribution in [0.3, 0.4) is 0 Å². The van der Waals surface area contributed by atoms with Crippen molar-refractivity contribution in [3.8, 4) is 0 Å². The predicted molar refractivity (Wildman–Crippen MR) is 109 cm³/mol. The van der Waals surface area contributed by atoms with Crippen LogP contribution in [-0.4, -0.2) is 33.0 Å². The Morgan fingerprint density at radius 3 is 1.72 bits per heavy atom. The van der Waals surface area contributed by atoms with Gasteiger partial charge in [-0.05, 0) is 28.3 Å². The summed E-state index contributed by atoms with van der Waals surface area (Å²) in [6, 6.07) is 21.8. The van der Waals surface area contributed by atoms with Crippen LogP contribution in [0.15, 0.2) is 60.7 Å². The number of rotatable bonds is 5. The number of likely N-dealkylation sites (tertiary alicyclic amines) is 1. The predicted octanol–water partition coefficient (Wildman–Crippen LogP) is 4.01. The van der Waals surface area contributed by atoms with Gasteiger partial charge in [-0.2, -0.15) is 0 Å². The molecule has 3 heteroatoms. The molecule has 134 valence electrons. The molecule has 0 saturated carbocycles. The highest BCUT2D eigenvalue weighted by Crippen LogP contribution is 2.36. The Hall–Kier alpha value is -1.42. The first-order valence-electron chi connectivity index (χ1n) is 9.51. The Kier molecular flexibility index (Phi) is 5.77. The molecule has 0 atom stereocenters. The van der Waals surface area contributed by atoms with E-state index in [0.29, 0.717) is 0 Å². The van der Waals surface area contributed by atoms with Crippen molar-refractivity contribution in [2.75, 3.05) is 19.8 Å². The van der Waals surface area contributed by atoms with Crippen molar-refractivity contribution in [3.63, 3.8) is 0 Å². The molecule has 1 heterocycles. The third kappa shape index (κ3) is 3.89. The maximum atomic E-state index is 6.97. The molecule has 0 unspecified atom stereocenters. The Labute approximate surface area is 154 Å². The Morgan fingerprint density at radius 2 is 1.28 bits per heavy atom. The second-order valence-corrected chi connectivity index (χ2v) is 12.4. The average Bonchev–Trinajstić information content (AvgIpc) is 2.64. The van der Waals surface area contributed by atoms with Gasteiger partial charge < -0.3 is 4.43 Å². The Bertz CT molecular complexity index is 605. The van der Waals surface area contributed by atoms with E-state index in [4.69, 9.17) is 4.43 Å². The van der Waals surface area contributed by atoms with Gasteiger partial charge in [-0.25, -0.2) is 0 Å². The van der Waals surface area contributed by atoms with Crippen molar-refractivity contribution in [1.82, 2.24) is 4.90 Å². The van der Waals surface area contributed by atoms with Crippen LogP contribution in [0, 0.1) is 0 Å². The zero-order chi connectivity index (χ0) is 17.8. The van der Waals surface area contributed by atoms with Gasteiger partial charge >= 0.3 is 0 Å². The fourth-order valence-corrected chi connectivity index (χ4v) is 8.57. The standard InChI is InChI=1S/C22H31NOSi/c1-22(2,3)25(20-13-7-4-8-14-20,21-15-9-5-10-16-21)24-19-23-17-11-6-12-18-23/h4-5,7-10,13-16H,6,11-12,17-19H2,1-3H3. The summed E-state index contributed by atoms with van der Waals surface area (Å²) in [5, 5.41) is 2.79. The SMILES string of the molecule is CC(C)(C)[Si](OCN1CCCCC1)(c1ccccc1)c1ccccc1. The van der Waals surface area contributed by atoms with E-state index in [0.717, 1.165) is 19.8 Å². The van der Waals surface area contributed by atoms with E-state index >= 15 is 0 Å². The first kappa shape index (κ1) is 18.4. The van der Waals surface area contributed by atoms with E-state index < -0.39 is 8.32 Å². The van der Waals surface area contributed by atoms with E-state index in [-0.39, 0.29) is 5.04 Å². The number of nitrogens with zero attached hydrogens (tertiary/aromatic N) is 1. The molecule has 0 aliphatic carbocycles. The number of hydrogen-bond donors (Lipinski definition) is 0. The molecule has 0 bridgehead atoms. The van der Waals surface area contributed by atoms with E-state index in [9.17, 15) is 0 Å². The second kappa shape index (κ2) is 7.86. The van der Waals surface area contributed by atoms with E-state index in [1.165, 1.54) is 29.6 Å². The highest BCUT2D eigenvalue weighted by Gasteiger charge is 2.50. The summed E-state index contributed by atoms with van der Waals surface area (Å²) in [7, 11) is -2.37. The van der Waals surface area contributed by atoms with Gasteiger partial charge in [-0.1, -0.05) is 87.9 Å². The monoisotopic (exact) mass is 353 g/mol. The van der Waals surface area contributed by atoms with Crippen LogP contribution in [0.4, 0.5) is 0 Å². The van der Waals surface area contributed by atoms with Crippen molar-refractivity contribution in [2.45, 2.75) is 45.1 Å². The molecular weight excluding hydrogens is 322 g/mol. The van der Waals surface area contributed by atoms with Crippen LogP contribution in [0.25, 0.3) is 0 Å². The minimum Gasteiger partial charge on any atom is -0.395 e. The van der Waals surface area contributed by atoms with Gasteiger partial charge in [0.2, 0.25) is 0 Å². The lowest BCUT2D eigenvalue weighted by Crippen LogP contribution is -2.67. The van der Waals surface area contributed by atoms with Gasteiger partial charge in [0, 0.05) is 13.1 Å². The maximum absolute atomic E-state index is 6.97. The summed E-state index contributed by atoms with van der Waals surface area (Å²) in [6.45, 7) is 10.1. The van der Waals surface area contributed by atoms with Gasteiger partial charge in [0.15, 0.2) is 0 Å². The molecule has 25 heavy (non-hydrogen) atoms. The van der Waals surface area contributed by atoms with Crippen molar-refractivity contribution in [1.29, 1.82) is 0 Å². The van der Waals surface area contributed by atoms with E-state index in [1.54, 1.807) is 0 Å². The summed E-state index contributed by atoms with van der Waals surface area (Å²) in [5.41, 5.74) is 0. The van der Waals surface area contributed by atoms with Gasteiger partial charge in [0.05, 0.1) is 6.73 Å². The molecule has 2 nitrogen and oxygen atoms in total.